The normalized spacial score (nSPS) is 10.4. The van der Waals surface area contributed by atoms with Gasteiger partial charge in [-0.15, -0.1) is 0 Å². The lowest BCUT2D eigenvalue weighted by Crippen LogP contribution is -1.95. The van der Waals surface area contributed by atoms with Gasteiger partial charge in [0.15, 0.2) is 5.78 Å². The van der Waals surface area contributed by atoms with Crippen LogP contribution in [0.1, 0.15) is 74.5 Å². The van der Waals surface area contributed by atoms with E-state index in [2.05, 4.69) is 69.0 Å². The van der Waals surface area contributed by atoms with Crippen molar-refractivity contribution in [3.63, 3.8) is 0 Å². The number of aryl methyl sites for hydroxylation is 2. The van der Waals surface area contributed by atoms with Gasteiger partial charge in [-0.2, -0.15) is 0 Å². The van der Waals surface area contributed by atoms with Gasteiger partial charge in [0, 0.05) is 5.56 Å². The minimum Gasteiger partial charge on any atom is -0.294 e. The molecule has 0 radical (unpaired) electrons. The molecule has 5 rings (SSSR count). The molecule has 0 saturated carbocycles. The number of carbonyl (C=O) groups excluding carboxylic acids is 1. The SMILES string of the molecule is C=C(C)c1cccc2cccc(C(C)=O)c12.CC.CCCCc1c(C)c2ccccc2c2ccccc12. The smallest absolute Gasteiger partial charge is 0.160 e. The third-order valence-corrected chi connectivity index (χ3v) is 6.85. The summed E-state index contributed by atoms with van der Waals surface area (Å²) in [4.78, 5) is 11.6. The number of carbonyl (C=O) groups is 1. The second kappa shape index (κ2) is 13.0. The summed E-state index contributed by atoms with van der Waals surface area (Å²) in [6, 6.07) is 29.5. The van der Waals surface area contributed by atoms with Gasteiger partial charge in [-0.3, -0.25) is 4.79 Å². The van der Waals surface area contributed by atoms with Crippen LogP contribution in [0.25, 0.3) is 37.9 Å². The van der Waals surface area contributed by atoms with Gasteiger partial charge < -0.3 is 0 Å². The minimum absolute atomic E-state index is 0.0966. The molecule has 0 spiro atoms. The maximum absolute atomic E-state index is 11.6. The predicted octanol–water partition coefficient (Wildman–Crippen LogP) is 10.7. The molecule has 1 nitrogen and oxygen atoms in total. The zero-order valence-corrected chi connectivity index (χ0v) is 23.3. The van der Waals surface area contributed by atoms with E-state index in [-0.39, 0.29) is 5.78 Å². The Balaban J connectivity index is 0.000000195. The Labute approximate surface area is 222 Å². The summed E-state index contributed by atoms with van der Waals surface area (Å²) in [5, 5.41) is 7.74. The molecule has 0 aliphatic heterocycles. The number of unbranched alkanes of at least 4 members (excludes halogenated alkanes) is 1. The van der Waals surface area contributed by atoms with Crippen LogP contribution in [0, 0.1) is 6.92 Å². The molecule has 0 aliphatic rings. The lowest BCUT2D eigenvalue weighted by atomic mass is 9.90. The van der Waals surface area contributed by atoms with Gasteiger partial charge in [-0.25, -0.2) is 0 Å². The number of hydrogen-bond acceptors (Lipinski definition) is 1. The third kappa shape index (κ3) is 6.00. The van der Waals surface area contributed by atoms with Gasteiger partial charge in [0.2, 0.25) is 0 Å². The van der Waals surface area contributed by atoms with Crippen LogP contribution >= 0.6 is 0 Å². The lowest BCUT2D eigenvalue weighted by molar-refractivity contribution is 0.101. The summed E-state index contributed by atoms with van der Waals surface area (Å²) in [6.07, 6.45) is 3.71. The number of fused-ring (bicyclic) bond motifs is 4. The van der Waals surface area contributed by atoms with Crippen LogP contribution in [0.3, 0.4) is 0 Å². The quantitative estimate of drug-likeness (QED) is 0.178. The number of ketones is 1. The van der Waals surface area contributed by atoms with E-state index in [0.29, 0.717) is 0 Å². The summed E-state index contributed by atoms with van der Waals surface area (Å²) >= 11 is 0. The van der Waals surface area contributed by atoms with Crippen molar-refractivity contribution in [1.29, 1.82) is 0 Å². The van der Waals surface area contributed by atoms with Crippen molar-refractivity contribution in [3.8, 4) is 0 Å². The highest BCUT2D eigenvalue weighted by atomic mass is 16.1. The molecule has 0 N–H and O–H groups in total. The molecule has 0 fully saturated rings. The molecule has 37 heavy (non-hydrogen) atoms. The van der Waals surface area contributed by atoms with Crippen molar-refractivity contribution < 1.29 is 4.79 Å². The van der Waals surface area contributed by atoms with Crippen molar-refractivity contribution in [2.75, 3.05) is 0 Å². The van der Waals surface area contributed by atoms with E-state index >= 15 is 0 Å². The number of rotatable bonds is 5. The molecule has 1 heteroatoms. The molecule has 0 aromatic heterocycles. The first kappa shape index (κ1) is 27.9. The Bertz CT molecular complexity index is 1490. The topological polar surface area (TPSA) is 17.1 Å². The van der Waals surface area contributed by atoms with Crippen LogP contribution in [0.5, 0.6) is 0 Å². The first-order valence-corrected chi connectivity index (χ1v) is 13.5. The Morgan fingerprint density at radius 2 is 1.22 bits per heavy atom. The highest BCUT2D eigenvalue weighted by Gasteiger charge is 2.11. The highest BCUT2D eigenvalue weighted by molar-refractivity contribution is 6.11. The predicted molar refractivity (Wildman–Crippen MR) is 165 cm³/mol. The van der Waals surface area contributed by atoms with Gasteiger partial charge in [0.05, 0.1) is 0 Å². The molecule has 0 bridgehead atoms. The van der Waals surface area contributed by atoms with E-state index < -0.39 is 0 Å². The summed E-state index contributed by atoms with van der Waals surface area (Å²) < 4.78 is 0. The molecule has 0 amide bonds. The highest BCUT2D eigenvalue weighted by Crippen LogP contribution is 2.33. The fourth-order valence-corrected chi connectivity index (χ4v) is 5.06. The zero-order valence-electron chi connectivity index (χ0n) is 23.3. The summed E-state index contributed by atoms with van der Waals surface area (Å²) in [7, 11) is 0. The van der Waals surface area contributed by atoms with E-state index in [4.69, 9.17) is 0 Å². The minimum atomic E-state index is 0.0966. The molecular weight excluding hydrogens is 448 g/mol. The van der Waals surface area contributed by atoms with E-state index in [0.717, 1.165) is 27.5 Å². The van der Waals surface area contributed by atoms with Gasteiger partial charge in [0.1, 0.15) is 0 Å². The Kier molecular flexibility index (Phi) is 9.80. The lowest BCUT2D eigenvalue weighted by Gasteiger charge is -2.14. The fourth-order valence-electron chi connectivity index (χ4n) is 5.06. The molecule has 0 saturated heterocycles. The van der Waals surface area contributed by atoms with Crippen LogP contribution in [0.15, 0.2) is 91.5 Å². The maximum Gasteiger partial charge on any atom is 0.160 e. The van der Waals surface area contributed by atoms with Gasteiger partial charge >= 0.3 is 0 Å². The first-order chi connectivity index (χ1) is 17.9. The molecular formula is C36H40O. The monoisotopic (exact) mass is 488 g/mol. The van der Waals surface area contributed by atoms with Gasteiger partial charge in [0.25, 0.3) is 0 Å². The van der Waals surface area contributed by atoms with Crippen LogP contribution in [0.4, 0.5) is 0 Å². The molecule has 5 aromatic rings. The number of benzene rings is 5. The summed E-state index contributed by atoms with van der Waals surface area (Å²) in [5.74, 6) is 0.0966. The first-order valence-electron chi connectivity index (χ1n) is 13.5. The van der Waals surface area contributed by atoms with Crippen molar-refractivity contribution in [1.82, 2.24) is 0 Å². The van der Waals surface area contributed by atoms with Crippen molar-refractivity contribution in [3.05, 3.63) is 114 Å². The van der Waals surface area contributed by atoms with Gasteiger partial charge in [-0.05, 0) is 82.6 Å². The van der Waals surface area contributed by atoms with Gasteiger partial charge in [-0.1, -0.05) is 124 Å². The van der Waals surface area contributed by atoms with Crippen LogP contribution < -0.4 is 0 Å². The molecule has 0 unspecified atom stereocenters. The third-order valence-electron chi connectivity index (χ3n) is 6.85. The Hall–Kier alpha value is -3.71. The van der Waals surface area contributed by atoms with Crippen LogP contribution in [-0.4, -0.2) is 5.78 Å². The largest absolute Gasteiger partial charge is 0.294 e. The van der Waals surface area contributed by atoms with E-state index in [9.17, 15) is 4.79 Å². The number of hydrogen-bond donors (Lipinski definition) is 0. The summed E-state index contributed by atoms with van der Waals surface area (Å²) in [5.41, 5.74) is 5.82. The second-order valence-electron chi connectivity index (χ2n) is 9.34. The molecule has 5 aromatic carbocycles. The average Bonchev–Trinajstić information content (AvgIpc) is 2.93. The van der Waals surface area contributed by atoms with E-state index in [1.54, 1.807) is 6.92 Å². The van der Waals surface area contributed by atoms with Crippen molar-refractivity contribution >= 4 is 43.7 Å². The van der Waals surface area contributed by atoms with E-state index in [1.807, 2.05) is 57.2 Å². The van der Waals surface area contributed by atoms with Crippen molar-refractivity contribution in [2.24, 2.45) is 0 Å². The average molecular weight is 489 g/mol. The molecule has 0 aliphatic carbocycles. The standard InChI is InChI=1S/C19H20.C15H14O.C2H6/c1-3-4-9-15-14(2)16-10-5-6-11-18(16)19-13-8-7-12-17(15)19;1-10(2)13-8-4-6-12-7-5-9-14(11(3)16)15(12)13;1-2/h5-8,10-13H,3-4,9H2,1-2H3;4-9H,1H2,2-3H3;1-2H3. The number of allylic oxidation sites excluding steroid dienone is 1. The maximum atomic E-state index is 11.6. The zero-order chi connectivity index (χ0) is 26.9. The van der Waals surface area contributed by atoms with E-state index in [1.165, 1.54) is 51.9 Å². The Morgan fingerprint density at radius 1 is 0.703 bits per heavy atom. The molecule has 190 valence electrons. The fraction of sp³-hybridized carbons (Fsp3) is 0.250. The summed E-state index contributed by atoms with van der Waals surface area (Å²) in [6.45, 7) is 16.1. The Morgan fingerprint density at radius 3 is 1.76 bits per heavy atom. The number of Topliss-reactive ketones (excluding diaryl/α,β-unsaturated/α-hetero) is 1. The molecule has 0 heterocycles. The second-order valence-corrected chi connectivity index (χ2v) is 9.34. The molecule has 0 atom stereocenters. The van der Waals surface area contributed by atoms with Crippen LogP contribution in [0.2, 0.25) is 0 Å². The van der Waals surface area contributed by atoms with Crippen molar-refractivity contribution in [2.45, 2.75) is 60.8 Å². The van der Waals surface area contributed by atoms with Crippen LogP contribution in [-0.2, 0) is 6.42 Å².